The number of hydrogen-bond donors (Lipinski definition) is 5. The van der Waals surface area contributed by atoms with Crippen molar-refractivity contribution < 1.29 is 178 Å². The van der Waals surface area contributed by atoms with Crippen LogP contribution in [0.3, 0.4) is 0 Å². The number of aryl methyl sites for hydroxylation is 1. The molecule has 5 N–H and O–H groups in total. The summed E-state index contributed by atoms with van der Waals surface area (Å²) in [5.74, 6) is -1.22. The molecule has 0 fully saturated rings. The van der Waals surface area contributed by atoms with E-state index in [0.29, 0.717) is 18.2 Å². The maximum absolute atomic E-state index is 12.0. The summed E-state index contributed by atoms with van der Waals surface area (Å²) in [6.07, 6.45) is 0.110. The number of phosphoric ester groups is 1. The Bertz CT molecular complexity index is 1850. The van der Waals surface area contributed by atoms with Crippen LogP contribution in [0.15, 0.2) is 44.3 Å². The number of azo groups is 1. The molecule has 18 nitrogen and oxygen atoms in total. The monoisotopic (exact) mass is 698 g/mol. The van der Waals surface area contributed by atoms with Crippen LogP contribution in [0.2, 0.25) is 0 Å². The predicted molar refractivity (Wildman–Crippen MR) is 127 cm³/mol. The van der Waals surface area contributed by atoms with E-state index in [2.05, 4.69) is 19.7 Å². The van der Waals surface area contributed by atoms with Crippen LogP contribution in [0.5, 0.6) is 5.75 Å². The maximum Gasteiger partial charge on any atom is 1.00 e. The van der Waals surface area contributed by atoms with Gasteiger partial charge in [-0.1, -0.05) is 0 Å². The fourth-order valence-corrected chi connectivity index (χ4v) is 5.03. The van der Waals surface area contributed by atoms with E-state index in [1.165, 1.54) is 6.92 Å². The third-order valence-corrected chi connectivity index (χ3v) is 7.20. The van der Waals surface area contributed by atoms with Crippen LogP contribution in [0.1, 0.15) is 21.6 Å². The molecule has 0 aliphatic rings. The Hall–Kier alpha value is 0.250. The van der Waals surface area contributed by atoms with Crippen LogP contribution in [0.4, 0.5) is 17.2 Å². The molecule has 0 amide bonds. The fourth-order valence-electron chi connectivity index (χ4n) is 3.30. The Balaban J connectivity index is 0. The number of non-ortho nitro benzene ring substituents is 1. The number of nitro groups is 1. The molecule has 0 saturated heterocycles. The Morgan fingerprint density at radius 2 is 1.49 bits per heavy atom. The van der Waals surface area contributed by atoms with Crippen LogP contribution in [0.25, 0.3) is 10.8 Å². The molecule has 1 aromatic heterocycles. The van der Waals surface area contributed by atoms with Gasteiger partial charge in [-0.2, -0.15) is 16.8 Å². The molecule has 25 heteroatoms. The molecule has 2 aromatic carbocycles. The SMILES string of the molecule is Cc1nc(N=Nc2cc(S(=O)(=O)O)c3cc([N+](=O)[O-])cc(S(=O)(=O)O)c3c2)c(COP(=O)(O)O)c(C=O)c1O.[Na+].[Na+].[Na+].[Na+]. The van der Waals surface area contributed by atoms with Gasteiger partial charge in [-0.25, -0.2) is 9.55 Å². The minimum atomic E-state index is -5.20. The van der Waals surface area contributed by atoms with Gasteiger partial charge in [0.15, 0.2) is 12.1 Å². The summed E-state index contributed by atoms with van der Waals surface area (Å²) in [5.41, 5.74) is -2.64. The molecule has 208 valence electrons. The summed E-state index contributed by atoms with van der Waals surface area (Å²) in [6, 6.07) is 2.54. The van der Waals surface area contributed by atoms with Crippen molar-refractivity contribution in [3.8, 4) is 5.75 Å². The molecule has 0 bridgehead atoms. The van der Waals surface area contributed by atoms with E-state index in [1.807, 2.05) is 0 Å². The average Bonchev–Trinajstić information content (AvgIpc) is 2.80. The molecule has 43 heavy (non-hydrogen) atoms. The van der Waals surface area contributed by atoms with Crippen molar-refractivity contribution in [2.45, 2.75) is 23.3 Å². The summed E-state index contributed by atoms with van der Waals surface area (Å²) in [5, 5.41) is 27.4. The Kier molecular flexibility index (Phi) is 18.4. The fraction of sp³-hybridized carbons (Fsp3) is 0.111. The second kappa shape index (κ2) is 17.4. The van der Waals surface area contributed by atoms with Crippen LogP contribution in [0, 0.1) is 17.0 Å². The molecule has 3 aromatic rings. The second-order valence-corrected chi connectivity index (χ2v) is 11.6. The number of rotatable bonds is 9. The van der Waals surface area contributed by atoms with Gasteiger partial charge < -0.3 is 14.9 Å². The first-order valence-electron chi connectivity index (χ1n) is 9.84. The third-order valence-electron chi connectivity index (χ3n) is 4.95. The van der Waals surface area contributed by atoms with Gasteiger partial charge in [0.1, 0.15) is 15.5 Å². The molecular weight excluding hydrogens is 683 g/mol. The number of aldehydes is 1. The number of pyridine rings is 1. The van der Waals surface area contributed by atoms with Crippen molar-refractivity contribution in [1.82, 2.24) is 4.98 Å². The van der Waals surface area contributed by atoms with Crippen molar-refractivity contribution in [2.24, 2.45) is 10.2 Å². The van der Waals surface area contributed by atoms with Crippen LogP contribution in [-0.2, 0) is 35.9 Å². The Labute approximate surface area is 331 Å². The van der Waals surface area contributed by atoms with Crippen molar-refractivity contribution in [1.29, 1.82) is 0 Å². The number of nitro benzene ring substituents is 1. The molecule has 0 unspecified atom stereocenters. The maximum atomic E-state index is 12.0. The van der Waals surface area contributed by atoms with E-state index in [1.54, 1.807) is 0 Å². The number of phosphoric acid groups is 1. The largest absolute Gasteiger partial charge is 1.00 e. The first kappa shape index (κ1) is 45.4. The molecule has 1 heterocycles. The summed E-state index contributed by atoms with van der Waals surface area (Å²) in [4.78, 5) is 41.3. The standard InChI is InChI=1S/C18H15N4O14PS2.4Na/c1-8-17(24)13(6-23)14(7-36-37(27,28)29)18(19-8)21-20-9-2-11-12(15(3-9)38(30,31)32)4-10(22(25)26)5-16(11)39(33,34)35;;;;/h2-6,24H,7H2,1H3,(H2,27,28,29)(H,30,31,32)(H,33,34,35);;;;/q;4*+1. The van der Waals surface area contributed by atoms with E-state index in [4.69, 9.17) is 9.79 Å². The topological polar surface area (TPSA) is 294 Å². The van der Waals surface area contributed by atoms with Crippen molar-refractivity contribution in [3.05, 3.63) is 51.2 Å². The van der Waals surface area contributed by atoms with Crippen molar-refractivity contribution in [2.75, 3.05) is 0 Å². The van der Waals surface area contributed by atoms with Gasteiger partial charge in [0.25, 0.3) is 25.9 Å². The summed E-state index contributed by atoms with van der Waals surface area (Å²) in [6.45, 7) is 0.227. The van der Waals surface area contributed by atoms with Crippen LogP contribution >= 0.6 is 7.82 Å². The average molecular weight is 698 g/mol. The first-order chi connectivity index (χ1) is 17.8. The molecule has 0 spiro atoms. The summed E-state index contributed by atoms with van der Waals surface area (Å²) >= 11 is 0. The summed E-state index contributed by atoms with van der Waals surface area (Å²) in [7, 11) is -15.5. The van der Waals surface area contributed by atoms with Gasteiger partial charge in [0.2, 0.25) is 0 Å². The minimum absolute atomic E-state index is 0. The van der Waals surface area contributed by atoms with E-state index in [-0.39, 0.29) is 130 Å². The number of carbonyl (C=O) groups is 1. The van der Waals surface area contributed by atoms with Gasteiger partial charge in [0.05, 0.1) is 28.5 Å². The van der Waals surface area contributed by atoms with Gasteiger partial charge >= 0.3 is 126 Å². The smallest absolute Gasteiger partial charge is 0.505 e. The van der Waals surface area contributed by atoms with E-state index in [9.17, 15) is 50.5 Å². The van der Waals surface area contributed by atoms with Crippen LogP contribution < -0.4 is 118 Å². The van der Waals surface area contributed by atoms with Gasteiger partial charge in [-0.3, -0.25) is 28.5 Å². The van der Waals surface area contributed by atoms with Gasteiger partial charge in [-0.05, 0) is 19.1 Å². The first-order valence-corrected chi connectivity index (χ1v) is 14.2. The van der Waals surface area contributed by atoms with E-state index >= 15 is 0 Å². The van der Waals surface area contributed by atoms with Gasteiger partial charge in [0, 0.05) is 28.5 Å². The quantitative estimate of drug-likeness (QED) is 0.0264. The van der Waals surface area contributed by atoms with Crippen LogP contribution in [-0.4, -0.2) is 57.0 Å². The number of carbonyl (C=O) groups excluding carboxylic acids is 1. The zero-order chi connectivity index (χ0) is 29.5. The van der Waals surface area contributed by atoms with E-state index < -0.39 is 94.2 Å². The second-order valence-electron chi connectivity index (χ2n) is 7.53. The number of nitrogens with zero attached hydrogens (tertiary/aromatic N) is 4. The zero-order valence-corrected chi connectivity index (χ0v) is 33.6. The Morgan fingerprint density at radius 3 is 1.95 bits per heavy atom. The normalized spacial score (nSPS) is 11.6. The third kappa shape index (κ3) is 11.5. The minimum Gasteiger partial charge on any atom is -0.505 e. The van der Waals surface area contributed by atoms with Crippen molar-refractivity contribution in [3.63, 3.8) is 0 Å². The number of hydrogen-bond acceptors (Lipinski definition) is 13. The van der Waals surface area contributed by atoms with E-state index in [0.717, 1.165) is 6.07 Å². The number of aromatic hydroxyl groups is 1. The molecule has 0 aliphatic heterocycles. The zero-order valence-electron chi connectivity index (χ0n) is 23.1. The number of benzene rings is 2. The molecule has 0 atom stereocenters. The molecule has 0 aliphatic carbocycles. The molecule has 0 radical (unpaired) electrons. The number of fused-ring (bicyclic) bond motifs is 1. The summed E-state index contributed by atoms with van der Waals surface area (Å²) < 4.78 is 82.7. The number of aromatic nitrogens is 1. The van der Waals surface area contributed by atoms with Crippen molar-refractivity contribution >= 4 is 62.3 Å². The molecular formula is C18H15N4Na4O14PS2+4. The van der Waals surface area contributed by atoms with Gasteiger partial charge in [-0.15, -0.1) is 10.2 Å². The molecule has 3 rings (SSSR count). The molecule has 0 saturated carbocycles. The Morgan fingerprint density at radius 1 is 0.977 bits per heavy atom. The predicted octanol–water partition coefficient (Wildman–Crippen LogP) is -9.50.